The first-order valence-electron chi connectivity index (χ1n) is 8.62. The van der Waals surface area contributed by atoms with E-state index in [1.54, 1.807) is 18.2 Å². The number of ketones is 1. The molecule has 0 unspecified atom stereocenters. The lowest BCUT2D eigenvalue weighted by Crippen LogP contribution is -2.07. The largest absolute Gasteiger partial charge is 0.302 e. The molecule has 0 saturated heterocycles. The summed E-state index contributed by atoms with van der Waals surface area (Å²) in [6.07, 6.45) is 1.40. The summed E-state index contributed by atoms with van der Waals surface area (Å²) in [6.45, 7) is 3.44. The second-order valence-electron chi connectivity index (χ2n) is 6.34. The maximum absolute atomic E-state index is 13.1. The van der Waals surface area contributed by atoms with Crippen molar-refractivity contribution in [3.05, 3.63) is 71.7 Å². The number of carbonyl (C=O) groups is 2. The molecule has 4 rings (SSSR count). The maximum Gasteiger partial charge on any atom is 0.223 e. The highest BCUT2D eigenvalue weighted by molar-refractivity contribution is 7.22. The Morgan fingerprint density at radius 3 is 2.57 bits per heavy atom. The van der Waals surface area contributed by atoms with Gasteiger partial charge in [-0.2, -0.15) is 0 Å². The molecule has 0 saturated carbocycles. The molecule has 0 bridgehead atoms. The van der Waals surface area contributed by atoms with Crippen molar-refractivity contribution in [1.29, 1.82) is 0 Å². The summed E-state index contributed by atoms with van der Waals surface area (Å²) in [5.41, 5.74) is 4.05. The first-order valence-corrected chi connectivity index (χ1v) is 9.44. The minimum Gasteiger partial charge on any atom is -0.302 e. The Balaban J connectivity index is 1.73. The molecule has 28 heavy (non-hydrogen) atoms. The van der Waals surface area contributed by atoms with Crippen LogP contribution in [0.5, 0.6) is 0 Å². The number of anilines is 1. The molecular formula is C21H16N4O2S. The highest BCUT2D eigenvalue weighted by atomic mass is 32.1. The van der Waals surface area contributed by atoms with Gasteiger partial charge in [0.1, 0.15) is 12.0 Å². The lowest BCUT2D eigenvalue weighted by Gasteiger charge is -2.05. The Morgan fingerprint density at radius 2 is 1.82 bits per heavy atom. The molecule has 0 atom stereocenters. The molecule has 2 heterocycles. The van der Waals surface area contributed by atoms with Crippen LogP contribution in [0.2, 0.25) is 0 Å². The normalized spacial score (nSPS) is 10.8. The van der Waals surface area contributed by atoms with Gasteiger partial charge in [-0.05, 0) is 25.1 Å². The van der Waals surface area contributed by atoms with Crippen LogP contribution in [0.25, 0.3) is 21.5 Å². The molecule has 138 valence electrons. The van der Waals surface area contributed by atoms with Crippen LogP contribution in [-0.2, 0) is 4.79 Å². The summed E-state index contributed by atoms with van der Waals surface area (Å²) < 4.78 is 0.822. The van der Waals surface area contributed by atoms with E-state index in [2.05, 4.69) is 20.3 Å². The zero-order valence-electron chi connectivity index (χ0n) is 15.3. The molecule has 7 heteroatoms. The summed E-state index contributed by atoms with van der Waals surface area (Å²) in [5.74, 6) is -0.438. The van der Waals surface area contributed by atoms with Crippen LogP contribution in [0.15, 0.2) is 54.9 Å². The van der Waals surface area contributed by atoms with Gasteiger partial charge in [-0.3, -0.25) is 9.59 Å². The fraction of sp³-hybridized carbons (Fsp3) is 0.0952. The number of para-hydroxylation sites is 1. The number of aromatic nitrogens is 3. The van der Waals surface area contributed by atoms with Gasteiger partial charge in [0.05, 0.1) is 21.5 Å². The minimum absolute atomic E-state index is 0.203. The van der Waals surface area contributed by atoms with Gasteiger partial charge in [0.2, 0.25) is 11.7 Å². The Bertz CT molecular complexity index is 1200. The van der Waals surface area contributed by atoms with Crippen molar-refractivity contribution in [3.63, 3.8) is 0 Å². The predicted molar refractivity (Wildman–Crippen MR) is 110 cm³/mol. The summed E-state index contributed by atoms with van der Waals surface area (Å²) in [7, 11) is 0. The SMILES string of the molecule is CC(=O)Nc1nc2c(C(=O)c3cc(-c4ccc(C)cc4)ncn3)cccc2s1. The third-order valence-corrected chi connectivity index (χ3v) is 5.13. The Morgan fingerprint density at radius 1 is 1.04 bits per heavy atom. The van der Waals surface area contributed by atoms with Crippen LogP contribution in [0.3, 0.4) is 0 Å². The second-order valence-corrected chi connectivity index (χ2v) is 7.37. The Hall–Kier alpha value is -3.45. The zero-order valence-corrected chi connectivity index (χ0v) is 16.1. The molecule has 2 aromatic heterocycles. The number of amides is 1. The van der Waals surface area contributed by atoms with Gasteiger partial charge in [-0.1, -0.05) is 47.2 Å². The highest BCUT2D eigenvalue weighted by Gasteiger charge is 2.18. The lowest BCUT2D eigenvalue weighted by atomic mass is 10.0. The van der Waals surface area contributed by atoms with E-state index in [0.717, 1.165) is 15.8 Å². The molecule has 2 aromatic carbocycles. The molecule has 1 amide bonds. The van der Waals surface area contributed by atoms with E-state index in [9.17, 15) is 9.59 Å². The molecule has 4 aromatic rings. The number of nitrogens with zero attached hydrogens (tertiary/aromatic N) is 3. The van der Waals surface area contributed by atoms with Crippen LogP contribution >= 0.6 is 11.3 Å². The smallest absolute Gasteiger partial charge is 0.223 e. The summed E-state index contributed by atoms with van der Waals surface area (Å²) >= 11 is 1.33. The first-order chi connectivity index (χ1) is 13.5. The molecular weight excluding hydrogens is 372 g/mol. The Kier molecular flexibility index (Phi) is 4.67. The number of hydrogen-bond acceptors (Lipinski definition) is 6. The minimum atomic E-state index is -0.235. The number of thiazole rings is 1. The van der Waals surface area contributed by atoms with E-state index in [4.69, 9.17) is 0 Å². The average molecular weight is 388 g/mol. The van der Waals surface area contributed by atoms with Crippen LogP contribution in [0, 0.1) is 6.92 Å². The summed E-state index contributed by atoms with van der Waals surface area (Å²) in [6, 6.07) is 15.0. The van der Waals surface area contributed by atoms with Gasteiger partial charge in [0, 0.05) is 12.5 Å². The van der Waals surface area contributed by atoms with Gasteiger partial charge in [-0.25, -0.2) is 15.0 Å². The van der Waals surface area contributed by atoms with Crippen molar-refractivity contribution >= 4 is 38.4 Å². The molecule has 0 fully saturated rings. The molecule has 1 N–H and O–H groups in total. The number of fused-ring (bicyclic) bond motifs is 1. The molecule has 6 nitrogen and oxygen atoms in total. The zero-order chi connectivity index (χ0) is 19.7. The molecule has 0 spiro atoms. The number of aryl methyl sites for hydroxylation is 1. The second kappa shape index (κ2) is 7.28. The van der Waals surface area contributed by atoms with E-state index in [0.29, 0.717) is 27.6 Å². The van der Waals surface area contributed by atoms with E-state index in [1.807, 2.05) is 37.3 Å². The first kappa shape index (κ1) is 17.9. The molecule has 0 aliphatic heterocycles. The number of rotatable bonds is 4. The fourth-order valence-corrected chi connectivity index (χ4v) is 3.78. The van der Waals surface area contributed by atoms with Gasteiger partial charge in [0.15, 0.2) is 5.13 Å². The van der Waals surface area contributed by atoms with Crippen LogP contribution in [0.4, 0.5) is 5.13 Å². The standard InChI is InChI=1S/C21H16N4O2S/c1-12-6-8-14(9-7-12)16-10-17(23-11-22-16)20(27)15-4-3-5-18-19(15)25-21(28-18)24-13(2)26/h3-11H,1-2H3,(H,24,25,26). The fourth-order valence-electron chi connectivity index (χ4n) is 2.84. The molecule has 0 aliphatic carbocycles. The van der Waals surface area contributed by atoms with Crippen LogP contribution < -0.4 is 5.32 Å². The Labute approximate surface area is 165 Å². The number of hydrogen-bond donors (Lipinski definition) is 1. The van der Waals surface area contributed by atoms with Gasteiger partial charge in [-0.15, -0.1) is 0 Å². The molecule has 0 radical (unpaired) electrons. The number of nitrogens with one attached hydrogen (secondary N) is 1. The quantitative estimate of drug-likeness (QED) is 0.528. The monoisotopic (exact) mass is 388 g/mol. The number of benzene rings is 2. The van der Waals surface area contributed by atoms with Gasteiger partial charge >= 0.3 is 0 Å². The van der Waals surface area contributed by atoms with Crippen molar-refractivity contribution in [2.75, 3.05) is 5.32 Å². The third kappa shape index (κ3) is 3.52. The van der Waals surface area contributed by atoms with Crippen LogP contribution in [-0.4, -0.2) is 26.6 Å². The summed E-state index contributed by atoms with van der Waals surface area (Å²) in [5, 5.41) is 3.13. The summed E-state index contributed by atoms with van der Waals surface area (Å²) in [4.78, 5) is 37.3. The highest BCUT2D eigenvalue weighted by Crippen LogP contribution is 2.29. The molecule has 0 aliphatic rings. The van der Waals surface area contributed by atoms with Crippen LogP contribution in [0.1, 0.15) is 28.5 Å². The van der Waals surface area contributed by atoms with E-state index >= 15 is 0 Å². The van der Waals surface area contributed by atoms with Crippen molar-refractivity contribution in [1.82, 2.24) is 15.0 Å². The van der Waals surface area contributed by atoms with Gasteiger partial charge in [0.25, 0.3) is 0 Å². The van der Waals surface area contributed by atoms with Crippen molar-refractivity contribution in [3.8, 4) is 11.3 Å². The maximum atomic E-state index is 13.1. The van der Waals surface area contributed by atoms with Crippen molar-refractivity contribution < 1.29 is 9.59 Å². The predicted octanol–water partition coefficient (Wildman–Crippen LogP) is 4.25. The average Bonchev–Trinajstić information content (AvgIpc) is 3.09. The van der Waals surface area contributed by atoms with E-state index < -0.39 is 0 Å². The lowest BCUT2D eigenvalue weighted by molar-refractivity contribution is -0.114. The van der Waals surface area contributed by atoms with Gasteiger partial charge < -0.3 is 5.32 Å². The topological polar surface area (TPSA) is 84.8 Å². The number of carbonyl (C=O) groups excluding carboxylic acids is 2. The van der Waals surface area contributed by atoms with E-state index in [1.165, 1.54) is 24.6 Å². The third-order valence-electron chi connectivity index (χ3n) is 4.19. The van der Waals surface area contributed by atoms with Crippen molar-refractivity contribution in [2.45, 2.75) is 13.8 Å². The van der Waals surface area contributed by atoms with Crippen molar-refractivity contribution in [2.24, 2.45) is 0 Å². The van der Waals surface area contributed by atoms with E-state index in [-0.39, 0.29) is 11.7 Å².